The highest BCUT2D eigenvalue weighted by atomic mass is 32.1. The summed E-state index contributed by atoms with van der Waals surface area (Å²) >= 11 is 0.596. The van der Waals surface area contributed by atoms with Crippen molar-refractivity contribution in [3.63, 3.8) is 0 Å². The van der Waals surface area contributed by atoms with Crippen LogP contribution in [-0.2, 0) is 25.7 Å². The Hall–Kier alpha value is -4.16. The molecule has 0 radical (unpaired) electrons. The van der Waals surface area contributed by atoms with E-state index in [4.69, 9.17) is 0 Å². The van der Waals surface area contributed by atoms with Gasteiger partial charge in [-0.25, -0.2) is 9.97 Å². The Morgan fingerprint density at radius 3 is 2.50 bits per heavy atom. The highest BCUT2D eigenvalue weighted by molar-refractivity contribution is 7.18. The second kappa shape index (κ2) is 11.4. The molecule has 1 aromatic carbocycles. The van der Waals surface area contributed by atoms with Crippen molar-refractivity contribution in [3.05, 3.63) is 69.7 Å². The number of hydrogen-bond donors (Lipinski definition) is 2. The summed E-state index contributed by atoms with van der Waals surface area (Å²) in [6, 6.07) is 9.26. The molecule has 0 unspecified atom stereocenters. The molecule has 0 amide bonds. The molecule has 230 valence electrons. The normalized spacial score (nSPS) is 15.3. The molecular formula is C29H26F6N8S. The summed E-state index contributed by atoms with van der Waals surface area (Å²) in [4.78, 5) is 9.19. The number of piperidine rings is 1. The van der Waals surface area contributed by atoms with Crippen molar-refractivity contribution in [1.29, 1.82) is 5.26 Å². The van der Waals surface area contributed by atoms with Gasteiger partial charge in [0, 0.05) is 53.2 Å². The number of aryl methyl sites for hydroxylation is 1. The Labute approximate surface area is 251 Å². The average Bonchev–Trinajstić information content (AvgIpc) is 3.69. The number of likely N-dealkylation sites (tertiary alicyclic amines) is 1. The molecule has 2 N–H and O–H groups in total. The van der Waals surface area contributed by atoms with E-state index in [2.05, 4.69) is 42.5 Å². The summed E-state index contributed by atoms with van der Waals surface area (Å²) in [6.07, 6.45) is -5.85. The van der Waals surface area contributed by atoms with Crippen LogP contribution < -0.4 is 5.32 Å². The number of alkyl halides is 6. The first-order valence-corrected chi connectivity index (χ1v) is 14.6. The van der Waals surface area contributed by atoms with Gasteiger partial charge in [0.05, 0.1) is 24.5 Å². The topological polar surface area (TPSA) is 98.5 Å². The first-order valence-electron chi connectivity index (χ1n) is 13.8. The fourth-order valence-corrected chi connectivity index (χ4v) is 6.72. The Kier molecular flexibility index (Phi) is 7.75. The van der Waals surface area contributed by atoms with Crippen molar-refractivity contribution < 1.29 is 26.3 Å². The van der Waals surface area contributed by atoms with Gasteiger partial charge in [0.1, 0.15) is 22.4 Å². The number of H-pyrrole nitrogens is 1. The van der Waals surface area contributed by atoms with Crippen molar-refractivity contribution in [2.45, 2.75) is 57.7 Å². The predicted molar refractivity (Wildman–Crippen MR) is 153 cm³/mol. The van der Waals surface area contributed by atoms with Gasteiger partial charge in [-0.3, -0.25) is 10.00 Å². The zero-order valence-electron chi connectivity index (χ0n) is 23.4. The quantitative estimate of drug-likeness (QED) is 0.192. The second-order valence-electron chi connectivity index (χ2n) is 10.9. The number of halogens is 6. The fraction of sp³-hybridized carbons (Fsp3) is 0.379. The zero-order chi connectivity index (χ0) is 31.2. The Morgan fingerprint density at radius 2 is 1.84 bits per heavy atom. The maximum atomic E-state index is 13.5. The first-order chi connectivity index (χ1) is 20.9. The lowest BCUT2D eigenvalue weighted by Crippen LogP contribution is -2.39. The van der Waals surface area contributed by atoms with Crippen LogP contribution in [0.1, 0.15) is 45.9 Å². The number of nitrogens with zero attached hydrogens (tertiary/aromatic N) is 6. The van der Waals surface area contributed by atoms with Gasteiger partial charge in [0.25, 0.3) is 0 Å². The maximum Gasteiger partial charge on any atom is 0.451 e. The molecule has 0 atom stereocenters. The monoisotopic (exact) mass is 632 g/mol. The predicted octanol–water partition coefficient (Wildman–Crippen LogP) is 6.80. The van der Waals surface area contributed by atoms with E-state index in [0.717, 1.165) is 27.6 Å². The number of nitrogens with one attached hydrogen (secondary N) is 2. The lowest BCUT2D eigenvalue weighted by molar-refractivity contribution is -0.144. The molecule has 6 rings (SSSR count). The van der Waals surface area contributed by atoms with Crippen molar-refractivity contribution in [1.82, 2.24) is 29.6 Å². The molecule has 5 aromatic rings. The van der Waals surface area contributed by atoms with Crippen LogP contribution in [0.2, 0.25) is 0 Å². The third-order valence-electron chi connectivity index (χ3n) is 7.87. The molecule has 8 nitrogen and oxygen atoms in total. The van der Waals surface area contributed by atoms with Gasteiger partial charge in [0.15, 0.2) is 0 Å². The highest BCUT2D eigenvalue weighted by Crippen LogP contribution is 2.37. The third kappa shape index (κ3) is 6.22. The molecule has 15 heteroatoms. The minimum atomic E-state index is -4.84. The van der Waals surface area contributed by atoms with Crippen LogP contribution in [0, 0.1) is 18.3 Å². The van der Waals surface area contributed by atoms with E-state index in [9.17, 15) is 31.6 Å². The fourth-order valence-electron chi connectivity index (χ4n) is 5.66. The van der Waals surface area contributed by atoms with Gasteiger partial charge in [-0.15, -0.1) is 11.3 Å². The van der Waals surface area contributed by atoms with Crippen molar-refractivity contribution in [3.8, 4) is 6.07 Å². The lowest BCUT2D eigenvalue weighted by Gasteiger charge is -2.33. The molecule has 0 saturated carbocycles. The number of aromatic nitrogens is 5. The largest absolute Gasteiger partial charge is 0.451 e. The zero-order valence-corrected chi connectivity index (χ0v) is 24.2. The molecule has 0 spiro atoms. The van der Waals surface area contributed by atoms with Crippen LogP contribution in [0.25, 0.3) is 21.1 Å². The van der Waals surface area contributed by atoms with E-state index in [1.807, 2.05) is 23.6 Å². The van der Waals surface area contributed by atoms with Crippen LogP contribution in [0.3, 0.4) is 0 Å². The second-order valence-corrected chi connectivity index (χ2v) is 12.0. The number of rotatable bonds is 7. The number of fused-ring (bicyclic) bond motifs is 2. The molecule has 0 bridgehead atoms. The minimum Gasteiger partial charge on any atom is -0.367 e. The molecule has 1 aliphatic heterocycles. The molecule has 4 aromatic heterocycles. The minimum absolute atomic E-state index is 0.0972. The van der Waals surface area contributed by atoms with Crippen LogP contribution in [0.5, 0.6) is 0 Å². The smallest absolute Gasteiger partial charge is 0.367 e. The van der Waals surface area contributed by atoms with Crippen molar-refractivity contribution in [2.24, 2.45) is 0 Å². The van der Waals surface area contributed by atoms with Gasteiger partial charge < -0.3 is 9.88 Å². The van der Waals surface area contributed by atoms with Gasteiger partial charge in [-0.2, -0.15) is 36.7 Å². The van der Waals surface area contributed by atoms with Crippen molar-refractivity contribution >= 4 is 38.3 Å². The number of aromatic amines is 1. The Balaban J connectivity index is 1.16. The third-order valence-corrected chi connectivity index (χ3v) is 8.90. The first kappa shape index (κ1) is 29.9. The van der Waals surface area contributed by atoms with Crippen LogP contribution in [0.15, 0.2) is 36.7 Å². The summed E-state index contributed by atoms with van der Waals surface area (Å²) in [7, 11) is 0. The Bertz CT molecular complexity index is 1840. The molecular weight excluding hydrogens is 606 g/mol. The van der Waals surface area contributed by atoms with E-state index in [1.165, 1.54) is 6.07 Å². The van der Waals surface area contributed by atoms with E-state index in [0.29, 0.717) is 56.1 Å². The van der Waals surface area contributed by atoms with E-state index >= 15 is 0 Å². The summed E-state index contributed by atoms with van der Waals surface area (Å²) < 4.78 is 81.4. The molecule has 5 heterocycles. The summed E-state index contributed by atoms with van der Waals surface area (Å²) in [6.45, 7) is 4.51. The molecule has 1 saturated heterocycles. The maximum absolute atomic E-state index is 13.5. The van der Waals surface area contributed by atoms with E-state index in [1.54, 1.807) is 12.4 Å². The summed E-state index contributed by atoms with van der Waals surface area (Å²) in [5.41, 5.74) is 4.64. The lowest BCUT2D eigenvalue weighted by atomic mass is 10.0. The average molecular weight is 633 g/mol. The van der Waals surface area contributed by atoms with E-state index < -0.39 is 24.6 Å². The Morgan fingerprint density at radius 1 is 1.07 bits per heavy atom. The molecule has 1 fully saturated rings. The van der Waals surface area contributed by atoms with Gasteiger partial charge in [-0.05, 0) is 49.1 Å². The van der Waals surface area contributed by atoms with Crippen LogP contribution in [0.4, 0.5) is 32.2 Å². The number of benzene rings is 1. The summed E-state index contributed by atoms with van der Waals surface area (Å²) in [5, 5.41) is 20.7. The van der Waals surface area contributed by atoms with Gasteiger partial charge in [-0.1, -0.05) is 6.07 Å². The van der Waals surface area contributed by atoms with Crippen LogP contribution in [-0.4, -0.2) is 54.9 Å². The van der Waals surface area contributed by atoms with Gasteiger partial charge >= 0.3 is 12.4 Å². The van der Waals surface area contributed by atoms with Crippen LogP contribution >= 0.6 is 11.3 Å². The molecule has 0 aliphatic carbocycles. The van der Waals surface area contributed by atoms with Crippen molar-refractivity contribution in [2.75, 3.05) is 18.4 Å². The molecule has 44 heavy (non-hydrogen) atoms. The highest BCUT2D eigenvalue weighted by Gasteiger charge is 2.37. The number of thiophene rings is 1. The summed E-state index contributed by atoms with van der Waals surface area (Å²) in [5.74, 6) is -1.48. The number of anilines is 1. The SMILES string of the molecule is Cc1c(CN2CCC(Nc3nc(C(F)(F)F)nc4sc(CC(F)(F)F)cc34)CC2)ccc2c1cc(C#N)n2Cc1cn[nH]c1. The standard InChI is InChI=1S/C29H26F6N8S/c1-16-18(2-3-24-22(16)8-20(11-36)43(24)14-17-12-37-38-13-17)15-42-6-4-19(5-7-42)39-25-23-9-21(10-28(30,31)32)44-26(23)41-27(40-25)29(33,34)35/h2-3,8-9,12-13,19H,4-7,10,14-15H2,1H3,(H,37,38)(H,39,40,41). The number of hydrogen-bond acceptors (Lipinski definition) is 7. The van der Waals surface area contributed by atoms with E-state index in [-0.39, 0.29) is 27.0 Å². The van der Waals surface area contributed by atoms with Gasteiger partial charge in [0.2, 0.25) is 5.82 Å². The molecule has 1 aliphatic rings. The number of nitriles is 1.